The van der Waals surface area contributed by atoms with Gasteiger partial charge in [0.15, 0.2) is 0 Å². The molecule has 90 valence electrons. The van der Waals surface area contributed by atoms with Gasteiger partial charge >= 0.3 is 5.82 Å². The Labute approximate surface area is 93.3 Å². The molecule has 1 aromatic heterocycles. The largest absolute Gasteiger partial charge is 0.390 e. The van der Waals surface area contributed by atoms with E-state index in [0.717, 1.165) is 13.0 Å². The number of rotatable bonds is 7. The fourth-order valence-electron chi connectivity index (χ4n) is 1.30. The maximum atomic E-state index is 10.4. The molecule has 0 aliphatic carbocycles. The molecule has 0 aromatic carbocycles. The third kappa shape index (κ3) is 3.95. The van der Waals surface area contributed by atoms with E-state index in [1.54, 1.807) is 0 Å². The van der Waals surface area contributed by atoms with Crippen molar-refractivity contribution in [3.05, 3.63) is 22.6 Å². The molecule has 0 saturated carbocycles. The first kappa shape index (κ1) is 12.6. The van der Waals surface area contributed by atoms with Crippen LogP contribution < -0.4 is 5.32 Å². The van der Waals surface area contributed by atoms with E-state index >= 15 is 0 Å². The third-order valence-electron chi connectivity index (χ3n) is 2.03. The van der Waals surface area contributed by atoms with Crippen molar-refractivity contribution in [3.63, 3.8) is 0 Å². The van der Waals surface area contributed by atoms with Gasteiger partial charge in [0, 0.05) is 6.54 Å². The standard InChI is InChI=1S/C9H16N4O3/c1-2-3-10-4-8(14)5-12-6-9(11-7-12)13(15)16/h6-8,10,14H,2-5H2,1H3. The summed E-state index contributed by atoms with van der Waals surface area (Å²) in [4.78, 5) is 13.4. The first-order valence-electron chi connectivity index (χ1n) is 5.18. The van der Waals surface area contributed by atoms with Crippen LogP contribution in [0.15, 0.2) is 12.5 Å². The summed E-state index contributed by atoms with van der Waals surface area (Å²) in [5, 5.41) is 23.0. The minimum Gasteiger partial charge on any atom is -0.390 e. The molecule has 7 nitrogen and oxygen atoms in total. The third-order valence-corrected chi connectivity index (χ3v) is 2.03. The number of aliphatic hydroxyl groups is 1. The van der Waals surface area contributed by atoms with E-state index in [1.807, 2.05) is 6.92 Å². The van der Waals surface area contributed by atoms with Crippen LogP contribution in [0.25, 0.3) is 0 Å². The monoisotopic (exact) mass is 228 g/mol. The molecule has 1 unspecified atom stereocenters. The van der Waals surface area contributed by atoms with Crippen molar-refractivity contribution in [1.82, 2.24) is 14.9 Å². The Balaban J connectivity index is 2.37. The molecule has 0 fully saturated rings. The van der Waals surface area contributed by atoms with Crippen LogP contribution in [-0.2, 0) is 6.54 Å². The lowest BCUT2D eigenvalue weighted by Crippen LogP contribution is -2.30. The highest BCUT2D eigenvalue weighted by molar-refractivity contribution is 5.12. The molecule has 1 aromatic rings. The van der Waals surface area contributed by atoms with E-state index in [-0.39, 0.29) is 5.82 Å². The van der Waals surface area contributed by atoms with Crippen LogP contribution in [0.3, 0.4) is 0 Å². The quantitative estimate of drug-likeness (QED) is 0.393. The molecule has 0 saturated heterocycles. The molecule has 0 spiro atoms. The summed E-state index contributed by atoms with van der Waals surface area (Å²) in [5.74, 6) is -0.200. The lowest BCUT2D eigenvalue weighted by molar-refractivity contribution is -0.389. The number of hydrogen-bond acceptors (Lipinski definition) is 5. The summed E-state index contributed by atoms with van der Waals surface area (Å²) in [6.45, 7) is 3.66. The second-order valence-corrected chi connectivity index (χ2v) is 3.54. The summed E-state index contributed by atoms with van der Waals surface area (Å²) in [7, 11) is 0. The summed E-state index contributed by atoms with van der Waals surface area (Å²) in [5.41, 5.74) is 0. The molecule has 1 atom stereocenters. The Morgan fingerprint density at radius 1 is 1.75 bits per heavy atom. The highest BCUT2D eigenvalue weighted by Crippen LogP contribution is 2.05. The molecule has 0 bridgehead atoms. The highest BCUT2D eigenvalue weighted by atomic mass is 16.6. The molecule has 0 aliphatic rings. The van der Waals surface area contributed by atoms with E-state index in [4.69, 9.17) is 0 Å². The first-order chi connectivity index (χ1) is 7.63. The van der Waals surface area contributed by atoms with Crippen molar-refractivity contribution < 1.29 is 10.0 Å². The van der Waals surface area contributed by atoms with Gasteiger partial charge in [0.25, 0.3) is 0 Å². The molecule has 0 radical (unpaired) electrons. The van der Waals surface area contributed by atoms with Gasteiger partial charge in [-0.3, -0.25) is 0 Å². The Hall–Kier alpha value is -1.47. The van der Waals surface area contributed by atoms with Gasteiger partial charge < -0.3 is 25.1 Å². The number of imidazole rings is 1. The molecule has 0 amide bonds. The molecule has 1 rings (SSSR count). The number of nitrogens with zero attached hydrogens (tertiary/aromatic N) is 3. The van der Waals surface area contributed by atoms with Gasteiger partial charge in [-0.1, -0.05) is 6.92 Å². The van der Waals surface area contributed by atoms with Gasteiger partial charge in [0.1, 0.15) is 6.20 Å². The number of nitro groups is 1. The van der Waals surface area contributed by atoms with E-state index in [2.05, 4.69) is 10.3 Å². The van der Waals surface area contributed by atoms with Crippen LogP contribution >= 0.6 is 0 Å². The lowest BCUT2D eigenvalue weighted by atomic mass is 10.3. The van der Waals surface area contributed by atoms with Crippen LogP contribution in [-0.4, -0.2) is 38.8 Å². The van der Waals surface area contributed by atoms with Crippen molar-refractivity contribution in [2.75, 3.05) is 13.1 Å². The van der Waals surface area contributed by atoms with Crippen molar-refractivity contribution in [2.24, 2.45) is 0 Å². The molecule has 2 N–H and O–H groups in total. The molecule has 1 heterocycles. The van der Waals surface area contributed by atoms with E-state index in [0.29, 0.717) is 13.1 Å². The van der Waals surface area contributed by atoms with Crippen molar-refractivity contribution in [2.45, 2.75) is 26.0 Å². The Morgan fingerprint density at radius 2 is 2.50 bits per heavy atom. The fourth-order valence-corrected chi connectivity index (χ4v) is 1.30. The maximum Gasteiger partial charge on any atom is 0.381 e. The topological polar surface area (TPSA) is 93.2 Å². The maximum absolute atomic E-state index is 10.4. The van der Waals surface area contributed by atoms with Gasteiger partial charge in [-0.2, -0.15) is 0 Å². The smallest absolute Gasteiger partial charge is 0.381 e. The highest BCUT2D eigenvalue weighted by Gasteiger charge is 2.12. The van der Waals surface area contributed by atoms with Crippen molar-refractivity contribution >= 4 is 5.82 Å². The zero-order valence-corrected chi connectivity index (χ0v) is 9.17. The van der Waals surface area contributed by atoms with Gasteiger partial charge in [0.2, 0.25) is 6.33 Å². The normalized spacial score (nSPS) is 12.6. The van der Waals surface area contributed by atoms with E-state index < -0.39 is 11.0 Å². The van der Waals surface area contributed by atoms with Gasteiger partial charge in [-0.15, -0.1) is 0 Å². The number of aliphatic hydroxyl groups excluding tert-OH is 1. The second-order valence-electron chi connectivity index (χ2n) is 3.54. The van der Waals surface area contributed by atoms with Gasteiger partial charge in [-0.05, 0) is 22.9 Å². The number of hydrogen-bond donors (Lipinski definition) is 2. The SMILES string of the molecule is CCCNCC(O)Cn1cnc([N+](=O)[O-])c1. The minimum atomic E-state index is -0.569. The van der Waals surface area contributed by atoms with Crippen LogP contribution in [0.5, 0.6) is 0 Å². The van der Waals surface area contributed by atoms with Gasteiger partial charge in [-0.25, -0.2) is 0 Å². The summed E-state index contributed by atoms with van der Waals surface area (Å²) >= 11 is 0. The predicted molar refractivity (Wildman–Crippen MR) is 58.0 cm³/mol. The van der Waals surface area contributed by atoms with Crippen LogP contribution in [0.1, 0.15) is 13.3 Å². The summed E-state index contributed by atoms with van der Waals surface area (Å²) in [6, 6.07) is 0. The van der Waals surface area contributed by atoms with E-state index in [9.17, 15) is 15.2 Å². The van der Waals surface area contributed by atoms with Crippen molar-refractivity contribution in [1.29, 1.82) is 0 Å². The summed E-state index contributed by atoms with van der Waals surface area (Å²) in [6.07, 6.45) is 3.09. The Bertz CT molecular complexity index is 339. The molecule has 0 aliphatic heterocycles. The molecular formula is C9H16N4O3. The predicted octanol–water partition coefficient (Wildman–Crippen LogP) is 0.152. The van der Waals surface area contributed by atoms with Gasteiger partial charge in [0.05, 0.1) is 12.6 Å². The molecule has 16 heavy (non-hydrogen) atoms. The van der Waals surface area contributed by atoms with Crippen LogP contribution in [0.4, 0.5) is 5.82 Å². The zero-order chi connectivity index (χ0) is 12.0. The van der Waals surface area contributed by atoms with E-state index in [1.165, 1.54) is 17.1 Å². The zero-order valence-electron chi connectivity index (χ0n) is 9.17. The molecular weight excluding hydrogens is 212 g/mol. The fraction of sp³-hybridized carbons (Fsp3) is 0.667. The summed E-state index contributed by atoms with van der Waals surface area (Å²) < 4.78 is 1.51. The first-order valence-corrected chi connectivity index (χ1v) is 5.18. The average molecular weight is 228 g/mol. The van der Waals surface area contributed by atoms with Crippen molar-refractivity contribution in [3.8, 4) is 0 Å². The average Bonchev–Trinajstić information content (AvgIpc) is 2.66. The molecule has 7 heteroatoms. The Morgan fingerprint density at radius 3 is 3.06 bits per heavy atom. The number of aromatic nitrogens is 2. The lowest BCUT2D eigenvalue weighted by Gasteiger charge is -2.10. The minimum absolute atomic E-state index is 0.200. The number of nitrogens with one attached hydrogen (secondary N) is 1. The van der Waals surface area contributed by atoms with Crippen LogP contribution in [0.2, 0.25) is 0 Å². The Kier molecular flexibility index (Phi) is 4.87. The van der Waals surface area contributed by atoms with Crippen LogP contribution in [0, 0.1) is 10.1 Å². The second kappa shape index (κ2) is 6.19.